The van der Waals surface area contributed by atoms with Crippen LogP contribution >= 0.6 is 0 Å². The van der Waals surface area contributed by atoms with Crippen molar-refractivity contribution in [1.29, 1.82) is 0 Å². The molecule has 0 spiro atoms. The molecule has 0 atom stereocenters. The molecular weight excluding hydrogens is 311 g/mol. The molecular formula is C16H35Sn. The van der Waals surface area contributed by atoms with Gasteiger partial charge in [0.15, 0.2) is 0 Å². The summed E-state index contributed by atoms with van der Waals surface area (Å²) in [5.74, 6) is 0. The van der Waals surface area contributed by atoms with E-state index in [9.17, 15) is 0 Å². The van der Waals surface area contributed by atoms with Crippen LogP contribution in [0.1, 0.15) is 85.0 Å². The first-order chi connectivity index (χ1) is 8.35. The molecule has 0 aromatic rings. The van der Waals surface area contributed by atoms with Crippen LogP contribution in [0.4, 0.5) is 0 Å². The predicted molar refractivity (Wildman–Crippen MR) is 83.4 cm³/mol. The fourth-order valence-corrected chi connectivity index (χ4v) is 11.3. The van der Waals surface area contributed by atoms with Gasteiger partial charge in [0.2, 0.25) is 0 Å². The van der Waals surface area contributed by atoms with E-state index in [1.54, 1.807) is 26.2 Å². The van der Waals surface area contributed by atoms with Gasteiger partial charge in [-0.2, -0.15) is 0 Å². The summed E-state index contributed by atoms with van der Waals surface area (Å²) in [7, 11) is 0. The van der Waals surface area contributed by atoms with Crippen molar-refractivity contribution in [2.24, 2.45) is 0 Å². The number of hydrogen-bond donors (Lipinski definition) is 0. The first-order valence-electron chi connectivity index (χ1n) is 8.18. The number of hydrogen-bond acceptors (Lipinski definition) is 0. The Balaban J connectivity index is 3.56. The van der Waals surface area contributed by atoms with Crippen LogP contribution in [0.3, 0.4) is 0 Å². The molecule has 1 heteroatoms. The van der Waals surface area contributed by atoms with E-state index >= 15 is 0 Å². The summed E-state index contributed by atoms with van der Waals surface area (Å²) in [5.41, 5.74) is 0. The zero-order valence-corrected chi connectivity index (χ0v) is 15.5. The molecule has 0 saturated carbocycles. The quantitative estimate of drug-likeness (QED) is 0.266. The fourth-order valence-electron chi connectivity index (χ4n) is 2.41. The molecule has 0 aliphatic heterocycles. The van der Waals surface area contributed by atoms with E-state index in [-0.39, 0.29) is 0 Å². The second-order valence-electron chi connectivity index (χ2n) is 5.47. The van der Waals surface area contributed by atoms with E-state index in [1.807, 2.05) is 0 Å². The van der Waals surface area contributed by atoms with Gasteiger partial charge in [0, 0.05) is 0 Å². The Morgan fingerprint density at radius 3 is 1.29 bits per heavy atom. The molecule has 0 heterocycles. The SMILES string of the molecule is CCCCC[CH2][Sn]([CH2]CCC)[CH2]CCCCC. The Kier molecular flexibility index (Phi) is 15.6. The van der Waals surface area contributed by atoms with E-state index in [1.165, 1.54) is 51.4 Å². The number of rotatable bonds is 13. The third-order valence-corrected chi connectivity index (χ3v) is 12.7. The minimum atomic E-state index is -0.912. The van der Waals surface area contributed by atoms with Crippen LogP contribution in [0, 0.1) is 0 Å². The van der Waals surface area contributed by atoms with Gasteiger partial charge in [-0.15, -0.1) is 0 Å². The molecule has 0 saturated heterocycles. The van der Waals surface area contributed by atoms with Crippen LogP contribution < -0.4 is 0 Å². The van der Waals surface area contributed by atoms with Gasteiger partial charge in [-0.25, -0.2) is 0 Å². The molecule has 0 aromatic carbocycles. The van der Waals surface area contributed by atoms with Crippen molar-refractivity contribution in [1.82, 2.24) is 0 Å². The Hall–Kier alpha value is 0.799. The molecule has 0 bridgehead atoms. The fraction of sp³-hybridized carbons (Fsp3) is 1.00. The summed E-state index contributed by atoms with van der Waals surface area (Å²) < 4.78 is 5.10. The molecule has 1 radical (unpaired) electrons. The van der Waals surface area contributed by atoms with E-state index < -0.39 is 19.8 Å². The van der Waals surface area contributed by atoms with Crippen molar-refractivity contribution in [3.8, 4) is 0 Å². The summed E-state index contributed by atoms with van der Waals surface area (Å²) >= 11 is -0.912. The average molecular weight is 346 g/mol. The Morgan fingerprint density at radius 2 is 0.882 bits per heavy atom. The normalized spacial score (nSPS) is 11.3. The van der Waals surface area contributed by atoms with Gasteiger partial charge < -0.3 is 0 Å². The van der Waals surface area contributed by atoms with E-state index in [2.05, 4.69) is 20.8 Å². The molecule has 0 fully saturated rings. The topological polar surface area (TPSA) is 0 Å². The zero-order chi connectivity index (χ0) is 12.8. The van der Waals surface area contributed by atoms with Crippen LogP contribution in [0.15, 0.2) is 0 Å². The first kappa shape index (κ1) is 17.8. The van der Waals surface area contributed by atoms with Crippen molar-refractivity contribution in [2.45, 2.75) is 98.3 Å². The van der Waals surface area contributed by atoms with E-state index in [4.69, 9.17) is 0 Å². The van der Waals surface area contributed by atoms with Gasteiger partial charge in [0.25, 0.3) is 0 Å². The second-order valence-corrected chi connectivity index (χ2v) is 14.0. The van der Waals surface area contributed by atoms with Crippen molar-refractivity contribution in [2.75, 3.05) is 0 Å². The molecule has 0 aromatic heterocycles. The zero-order valence-electron chi connectivity index (χ0n) is 12.7. The van der Waals surface area contributed by atoms with Crippen molar-refractivity contribution < 1.29 is 0 Å². The molecule has 0 rings (SSSR count). The number of unbranched alkanes of at least 4 members (excludes halogenated alkanes) is 7. The van der Waals surface area contributed by atoms with Crippen LogP contribution in [-0.2, 0) is 0 Å². The standard InChI is InChI=1S/2C6H13.C4H9.Sn/c2*1-3-5-6-4-2;1-3-4-2;/h2*1,3-6H2,2H3;1,3-4H2,2H3;. The first-order valence-corrected chi connectivity index (χ1v) is 14.2. The average Bonchev–Trinajstić information content (AvgIpc) is 2.35. The Labute approximate surface area is 118 Å². The molecule has 17 heavy (non-hydrogen) atoms. The van der Waals surface area contributed by atoms with Crippen LogP contribution in [0.5, 0.6) is 0 Å². The molecule has 0 unspecified atom stereocenters. The maximum absolute atomic E-state index is 2.36. The second kappa shape index (κ2) is 14.9. The van der Waals surface area contributed by atoms with Crippen molar-refractivity contribution in [3.05, 3.63) is 0 Å². The maximum atomic E-state index is 2.36. The minimum absolute atomic E-state index is 0.912. The van der Waals surface area contributed by atoms with Gasteiger partial charge in [-0.3, -0.25) is 0 Å². The van der Waals surface area contributed by atoms with Gasteiger partial charge in [0.1, 0.15) is 0 Å². The Morgan fingerprint density at radius 1 is 0.471 bits per heavy atom. The Bertz CT molecular complexity index is 121. The summed E-state index contributed by atoms with van der Waals surface area (Å²) in [4.78, 5) is 0. The molecule has 0 aliphatic rings. The molecule has 0 aliphatic carbocycles. The van der Waals surface area contributed by atoms with Gasteiger partial charge in [0.05, 0.1) is 0 Å². The van der Waals surface area contributed by atoms with Crippen molar-refractivity contribution in [3.63, 3.8) is 0 Å². The molecule has 0 amide bonds. The molecule has 0 N–H and O–H groups in total. The van der Waals surface area contributed by atoms with Gasteiger partial charge in [-0.1, -0.05) is 0 Å². The third kappa shape index (κ3) is 13.0. The van der Waals surface area contributed by atoms with Gasteiger partial charge >= 0.3 is 118 Å². The summed E-state index contributed by atoms with van der Waals surface area (Å²) in [5, 5.41) is 0. The predicted octanol–water partition coefficient (Wildman–Crippen LogP) is 6.44. The van der Waals surface area contributed by atoms with E-state index in [0.29, 0.717) is 0 Å². The molecule has 0 nitrogen and oxygen atoms in total. The monoisotopic (exact) mass is 347 g/mol. The third-order valence-electron chi connectivity index (χ3n) is 3.65. The van der Waals surface area contributed by atoms with Crippen molar-refractivity contribution >= 4 is 19.8 Å². The molecule has 103 valence electrons. The van der Waals surface area contributed by atoms with Gasteiger partial charge in [-0.05, 0) is 0 Å². The van der Waals surface area contributed by atoms with E-state index in [0.717, 1.165) is 0 Å². The summed E-state index contributed by atoms with van der Waals surface area (Å²) in [6, 6.07) is 0. The summed E-state index contributed by atoms with van der Waals surface area (Å²) in [6.07, 6.45) is 14.9. The summed E-state index contributed by atoms with van der Waals surface area (Å²) in [6.45, 7) is 7.00. The van der Waals surface area contributed by atoms with Crippen LogP contribution in [-0.4, -0.2) is 19.8 Å². The van der Waals surface area contributed by atoms with Crippen LogP contribution in [0.2, 0.25) is 13.3 Å². The van der Waals surface area contributed by atoms with Crippen LogP contribution in [0.25, 0.3) is 0 Å².